The smallest absolute Gasteiger partial charge is 0.394 e. The van der Waals surface area contributed by atoms with Crippen molar-refractivity contribution in [3.8, 4) is 0 Å². The number of aliphatic hydroxyl groups excluding tert-OH is 1. The molecule has 0 radical (unpaired) electrons. The zero-order valence-corrected chi connectivity index (χ0v) is 9.38. The lowest BCUT2D eigenvalue weighted by molar-refractivity contribution is -0.140. The van der Waals surface area contributed by atoms with Gasteiger partial charge >= 0.3 is 6.18 Å². The van der Waals surface area contributed by atoms with Gasteiger partial charge in [-0.05, 0) is 19.1 Å². The van der Waals surface area contributed by atoms with E-state index in [0.717, 1.165) is 12.1 Å². The molecule has 3 nitrogen and oxygen atoms in total. The minimum atomic E-state index is -4.86. The molecule has 0 aliphatic rings. The summed E-state index contributed by atoms with van der Waals surface area (Å²) in [5, 5.41) is 10.9. The predicted octanol–water partition coefficient (Wildman–Crippen LogP) is 1.96. The van der Waals surface area contributed by atoms with Crippen LogP contribution in [0.4, 0.5) is 17.6 Å². The molecule has 2 N–H and O–H groups in total. The lowest BCUT2D eigenvalue weighted by Gasteiger charge is -2.13. The average molecular weight is 265 g/mol. The summed E-state index contributed by atoms with van der Waals surface area (Å²) in [6.45, 7) is 1.04. The van der Waals surface area contributed by atoms with Crippen molar-refractivity contribution in [2.75, 3.05) is 6.61 Å². The Bertz CT molecular complexity index is 445. The first-order chi connectivity index (χ1) is 8.27. The lowest BCUT2D eigenvalue weighted by atomic mass is 10.1. The Morgan fingerprint density at radius 2 is 2.06 bits per heavy atom. The number of halogens is 4. The molecule has 0 unspecified atom stereocenters. The summed E-state index contributed by atoms with van der Waals surface area (Å²) in [5.41, 5.74) is -2.20. The molecule has 18 heavy (non-hydrogen) atoms. The van der Waals surface area contributed by atoms with Gasteiger partial charge in [0, 0.05) is 6.04 Å². The third-order valence-corrected chi connectivity index (χ3v) is 2.20. The highest BCUT2D eigenvalue weighted by Gasteiger charge is 2.35. The number of carbonyl (C=O) groups is 1. The summed E-state index contributed by atoms with van der Waals surface area (Å²) in [4.78, 5) is 11.5. The van der Waals surface area contributed by atoms with Crippen LogP contribution < -0.4 is 5.32 Å². The first-order valence-corrected chi connectivity index (χ1v) is 5.04. The fraction of sp³-hybridized carbons (Fsp3) is 0.364. The molecular formula is C11H11F4NO2. The van der Waals surface area contributed by atoms with Gasteiger partial charge in [-0.2, -0.15) is 13.2 Å². The van der Waals surface area contributed by atoms with Crippen LogP contribution in [0.15, 0.2) is 18.2 Å². The van der Waals surface area contributed by atoms with E-state index in [-0.39, 0.29) is 0 Å². The van der Waals surface area contributed by atoms with E-state index in [0.29, 0.717) is 6.07 Å². The number of alkyl halides is 3. The molecule has 0 heterocycles. The number of hydrogen-bond acceptors (Lipinski definition) is 2. The molecule has 0 aromatic heterocycles. The topological polar surface area (TPSA) is 49.3 Å². The molecule has 0 spiro atoms. The van der Waals surface area contributed by atoms with Crippen molar-refractivity contribution in [1.29, 1.82) is 0 Å². The van der Waals surface area contributed by atoms with Gasteiger partial charge in [0.15, 0.2) is 0 Å². The Kier molecular flexibility index (Phi) is 4.28. The SMILES string of the molecule is C[C@@H](CO)NC(=O)c1cccc(C(F)(F)F)c1F. The molecule has 1 rings (SSSR count). The fourth-order valence-electron chi connectivity index (χ4n) is 1.27. The van der Waals surface area contributed by atoms with Crippen LogP contribution in [0, 0.1) is 5.82 Å². The molecule has 1 amide bonds. The molecule has 0 aliphatic heterocycles. The van der Waals surface area contributed by atoms with E-state index >= 15 is 0 Å². The summed E-state index contributed by atoms with van der Waals surface area (Å²) < 4.78 is 50.8. The van der Waals surface area contributed by atoms with Crippen molar-refractivity contribution in [3.63, 3.8) is 0 Å². The molecule has 100 valence electrons. The minimum absolute atomic E-state index is 0.397. The zero-order valence-electron chi connectivity index (χ0n) is 9.38. The van der Waals surface area contributed by atoms with Gasteiger partial charge in [0.05, 0.1) is 17.7 Å². The molecule has 0 aliphatic carbocycles. The molecule has 0 saturated heterocycles. The van der Waals surface area contributed by atoms with Crippen LogP contribution >= 0.6 is 0 Å². The quantitative estimate of drug-likeness (QED) is 0.821. The second kappa shape index (κ2) is 5.34. The van der Waals surface area contributed by atoms with Crippen LogP contribution in [0.25, 0.3) is 0 Å². The largest absolute Gasteiger partial charge is 0.419 e. The normalized spacial score (nSPS) is 13.2. The minimum Gasteiger partial charge on any atom is -0.394 e. The van der Waals surface area contributed by atoms with E-state index in [1.54, 1.807) is 0 Å². The fourth-order valence-corrected chi connectivity index (χ4v) is 1.27. The van der Waals surface area contributed by atoms with Crippen molar-refractivity contribution in [3.05, 3.63) is 35.1 Å². The average Bonchev–Trinajstić information content (AvgIpc) is 2.27. The first-order valence-electron chi connectivity index (χ1n) is 5.04. The Morgan fingerprint density at radius 1 is 1.44 bits per heavy atom. The summed E-state index contributed by atoms with van der Waals surface area (Å²) >= 11 is 0. The Labute approximate surface area is 100 Å². The van der Waals surface area contributed by atoms with Crippen LogP contribution in [0.2, 0.25) is 0 Å². The van der Waals surface area contributed by atoms with Gasteiger partial charge in [-0.25, -0.2) is 4.39 Å². The zero-order chi connectivity index (χ0) is 13.9. The second-order valence-corrected chi connectivity index (χ2v) is 3.72. The number of carbonyl (C=O) groups excluding carboxylic acids is 1. The lowest BCUT2D eigenvalue weighted by Crippen LogP contribution is -2.35. The van der Waals surface area contributed by atoms with Crippen LogP contribution in [0.5, 0.6) is 0 Å². The van der Waals surface area contributed by atoms with Crippen molar-refractivity contribution >= 4 is 5.91 Å². The molecule has 1 aromatic rings. The van der Waals surface area contributed by atoms with Crippen molar-refractivity contribution < 1.29 is 27.5 Å². The number of hydrogen-bond donors (Lipinski definition) is 2. The summed E-state index contributed by atoms with van der Waals surface area (Å²) in [6.07, 6.45) is -4.86. The monoisotopic (exact) mass is 265 g/mol. The van der Waals surface area contributed by atoms with Gasteiger partial charge in [0.25, 0.3) is 5.91 Å². The van der Waals surface area contributed by atoms with Crippen LogP contribution in [-0.2, 0) is 6.18 Å². The number of aliphatic hydroxyl groups is 1. The molecule has 0 bridgehead atoms. The molecule has 0 fully saturated rings. The van der Waals surface area contributed by atoms with Crippen LogP contribution in [-0.4, -0.2) is 23.7 Å². The second-order valence-electron chi connectivity index (χ2n) is 3.72. The third-order valence-electron chi connectivity index (χ3n) is 2.20. The van der Waals surface area contributed by atoms with Gasteiger partial charge in [0.2, 0.25) is 0 Å². The molecule has 1 atom stereocenters. The highest BCUT2D eigenvalue weighted by Crippen LogP contribution is 2.32. The van der Waals surface area contributed by atoms with Gasteiger partial charge in [-0.1, -0.05) is 6.07 Å². The van der Waals surface area contributed by atoms with Crippen molar-refractivity contribution in [1.82, 2.24) is 5.32 Å². The van der Waals surface area contributed by atoms with Gasteiger partial charge < -0.3 is 10.4 Å². The van der Waals surface area contributed by atoms with Gasteiger partial charge in [-0.3, -0.25) is 4.79 Å². The molecule has 7 heteroatoms. The number of amides is 1. The number of rotatable bonds is 3. The van der Waals surface area contributed by atoms with E-state index in [1.807, 2.05) is 0 Å². The summed E-state index contributed by atoms with van der Waals surface area (Å²) in [5.74, 6) is -2.62. The standard InChI is InChI=1S/C11H11F4NO2/c1-6(5-17)16-10(18)7-3-2-4-8(9(7)12)11(13,14)15/h2-4,6,17H,5H2,1H3,(H,16,18)/t6-/m0/s1. The van der Waals surface area contributed by atoms with Crippen LogP contribution in [0.3, 0.4) is 0 Å². The molecule has 0 saturated carbocycles. The van der Waals surface area contributed by atoms with E-state index in [1.165, 1.54) is 6.92 Å². The van der Waals surface area contributed by atoms with Crippen molar-refractivity contribution in [2.24, 2.45) is 0 Å². The Morgan fingerprint density at radius 3 is 2.56 bits per heavy atom. The molecule has 1 aromatic carbocycles. The Hall–Kier alpha value is -1.63. The van der Waals surface area contributed by atoms with E-state index < -0.39 is 41.7 Å². The third kappa shape index (κ3) is 3.19. The van der Waals surface area contributed by atoms with Gasteiger partial charge in [-0.15, -0.1) is 0 Å². The highest BCUT2D eigenvalue weighted by atomic mass is 19.4. The van der Waals surface area contributed by atoms with E-state index in [9.17, 15) is 22.4 Å². The maximum Gasteiger partial charge on any atom is 0.419 e. The maximum atomic E-state index is 13.5. The summed E-state index contributed by atoms with van der Waals surface area (Å²) in [7, 11) is 0. The predicted molar refractivity (Wildman–Crippen MR) is 55.4 cm³/mol. The summed E-state index contributed by atoms with van der Waals surface area (Å²) in [6, 6.07) is 1.78. The molecular weight excluding hydrogens is 254 g/mol. The number of nitrogens with one attached hydrogen (secondary N) is 1. The maximum absolute atomic E-state index is 13.5. The van der Waals surface area contributed by atoms with E-state index in [2.05, 4.69) is 5.32 Å². The van der Waals surface area contributed by atoms with E-state index in [4.69, 9.17) is 5.11 Å². The first kappa shape index (κ1) is 14.4. The number of benzene rings is 1. The Balaban J connectivity index is 3.08. The van der Waals surface area contributed by atoms with Crippen molar-refractivity contribution in [2.45, 2.75) is 19.1 Å². The van der Waals surface area contributed by atoms with Gasteiger partial charge in [0.1, 0.15) is 5.82 Å². The highest BCUT2D eigenvalue weighted by molar-refractivity contribution is 5.94. The van der Waals surface area contributed by atoms with Crippen LogP contribution in [0.1, 0.15) is 22.8 Å².